The first-order valence-electron chi connectivity index (χ1n) is 6.74. The molecule has 1 aromatic heterocycles. The fourth-order valence-electron chi connectivity index (χ4n) is 2.73. The number of nitrogens with zero attached hydrogens (tertiary/aromatic N) is 2. The molecule has 1 heterocycles. The number of hydrogen-bond donors (Lipinski definition) is 0. The average Bonchev–Trinajstić information content (AvgIpc) is 2.95. The van der Waals surface area contributed by atoms with Crippen LogP contribution >= 0.6 is 34.8 Å². The number of rotatable bonds is 2. The first-order valence-corrected chi connectivity index (χ1v) is 7.88. The van der Waals surface area contributed by atoms with Crippen LogP contribution in [0.4, 0.5) is 4.39 Å². The second kappa shape index (κ2) is 6.07. The highest BCUT2D eigenvalue weighted by Gasteiger charge is 2.24. The van der Waals surface area contributed by atoms with Crippen LogP contribution in [-0.2, 0) is 0 Å². The first-order chi connectivity index (χ1) is 10.1. The molecule has 2 aromatic rings. The second-order valence-electron chi connectivity index (χ2n) is 5.15. The maximum absolute atomic E-state index is 13.2. The Morgan fingerprint density at radius 2 is 1.62 bits per heavy atom. The van der Waals surface area contributed by atoms with Gasteiger partial charge in [-0.1, -0.05) is 47.6 Å². The molecule has 0 saturated heterocycles. The number of aromatic nitrogens is 2. The smallest absolute Gasteiger partial charge is 0.162 e. The van der Waals surface area contributed by atoms with E-state index in [1.54, 1.807) is 6.07 Å². The van der Waals surface area contributed by atoms with Crippen molar-refractivity contribution < 1.29 is 4.39 Å². The third kappa shape index (κ3) is 3.01. The van der Waals surface area contributed by atoms with Crippen LogP contribution in [0.15, 0.2) is 18.2 Å². The highest BCUT2D eigenvalue weighted by Crippen LogP contribution is 2.40. The minimum absolute atomic E-state index is 0.0169. The lowest BCUT2D eigenvalue weighted by Gasteiger charge is -2.13. The summed E-state index contributed by atoms with van der Waals surface area (Å²) in [4.78, 5) is 8.62. The summed E-state index contributed by atoms with van der Waals surface area (Å²) in [5.41, 5.74) is 1.41. The Morgan fingerprint density at radius 3 is 2.19 bits per heavy atom. The molecule has 1 aliphatic rings. The minimum atomic E-state index is -0.486. The summed E-state index contributed by atoms with van der Waals surface area (Å²) in [6.45, 7) is 0. The summed E-state index contributed by atoms with van der Waals surface area (Å²) >= 11 is 18.4. The lowest BCUT2D eigenvalue weighted by molar-refractivity contribution is 0.628. The van der Waals surface area contributed by atoms with Crippen molar-refractivity contribution >= 4 is 34.8 Å². The molecular formula is C15H12Cl3FN2. The summed E-state index contributed by atoms with van der Waals surface area (Å²) in [6, 6.07) is 4.29. The van der Waals surface area contributed by atoms with E-state index in [4.69, 9.17) is 34.8 Å². The van der Waals surface area contributed by atoms with E-state index in [2.05, 4.69) is 9.97 Å². The molecule has 1 aliphatic carbocycles. The number of halogens is 4. The van der Waals surface area contributed by atoms with Gasteiger partial charge in [-0.05, 0) is 37.0 Å². The summed E-state index contributed by atoms with van der Waals surface area (Å²) < 4.78 is 13.2. The molecule has 0 N–H and O–H groups in total. The van der Waals surface area contributed by atoms with Crippen molar-refractivity contribution in [1.82, 2.24) is 9.97 Å². The highest BCUT2D eigenvalue weighted by atomic mass is 35.5. The van der Waals surface area contributed by atoms with Crippen molar-refractivity contribution in [2.75, 3.05) is 0 Å². The van der Waals surface area contributed by atoms with E-state index < -0.39 is 5.82 Å². The van der Waals surface area contributed by atoms with Crippen molar-refractivity contribution in [2.24, 2.45) is 0 Å². The Hall–Kier alpha value is -0.900. The molecule has 6 heteroatoms. The molecule has 0 aliphatic heterocycles. The van der Waals surface area contributed by atoms with Crippen LogP contribution in [0, 0.1) is 5.82 Å². The second-order valence-corrected chi connectivity index (χ2v) is 6.28. The third-order valence-corrected chi connectivity index (χ3v) is 4.66. The maximum Gasteiger partial charge on any atom is 0.162 e. The van der Waals surface area contributed by atoms with E-state index in [1.165, 1.54) is 25.0 Å². The van der Waals surface area contributed by atoms with E-state index in [-0.39, 0.29) is 5.02 Å². The Labute approximate surface area is 137 Å². The molecule has 110 valence electrons. The molecule has 1 saturated carbocycles. The third-order valence-electron chi connectivity index (χ3n) is 3.79. The van der Waals surface area contributed by atoms with Gasteiger partial charge in [0, 0.05) is 11.1 Å². The van der Waals surface area contributed by atoms with Gasteiger partial charge in [-0.2, -0.15) is 0 Å². The molecule has 0 unspecified atom stereocenters. The van der Waals surface area contributed by atoms with E-state index in [0.717, 1.165) is 18.4 Å². The van der Waals surface area contributed by atoms with Crippen LogP contribution in [0.5, 0.6) is 0 Å². The van der Waals surface area contributed by atoms with Gasteiger partial charge in [0.25, 0.3) is 0 Å². The Bertz CT molecular complexity index is 662. The van der Waals surface area contributed by atoms with Gasteiger partial charge in [-0.15, -0.1) is 0 Å². The van der Waals surface area contributed by atoms with Crippen molar-refractivity contribution in [2.45, 2.75) is 31.6 Å². The van der Waals surface area contributed by atoms with Crippen molar-refractivity contribution in [3.63, 3.8) is 0 Å². The lowest BCUT2D eigenvalue weighted by atomic mass is 10.0. The monoisotopic (exact) mass is 344 g/mol. The quantitative estimate of drug-likeness (QED) is 0.633. The molecule has 21 heavy (non-hydrogen) atoms. The molecule has 1 aromatic carbocycles. The van der Waals surface area contributed by atoms with Crippen LogP contribution in [0.2, 0.25) is 15.3 Å². The van der Waals surface area contributed by atoms with Crippen molar-refractivity contribution in [3.8, 4) is 11.4 Å². The SMILES string of the molecule is Fc1ccc(-c2nc(Cl)c(C3CCCC3)c(Cl)n2)cc1Cl. The molecule has 2 nitrogen and oxygen atoms in total. The van der Waals surface area contributed by atoms with Gasteiger partial charge in [0.15, 0.2) is 5.82 Å². The molecule has 3 rings (SSSR count). The fraction of sp³-hybridized carbons (Fsp3) is 0.333. The van der Waals surface area contributed by atoms with Gasteiger partial charge in [0.1, 0.15) is 16.1 Å². The van der Waals surface area contributed by atoms with Crippen LogP contribution in [-0.4, -0.2) is 9.97 Å². The van der Waals surface area contributed by atoms with E-state index in [0.29, 0.717) is 27.6 Å². The van der Waals surface area contributed by atoms with Crippen LogP contribution in [0.25, 0.3) is 11.4 Å². The predicted octanol–water partition coefficient (Wildman–Crippen LogP) is 5.90. The zero-order valence-corrected chi connectivity index (χ0v) is 13.3. The van der Waals surface area contributed by atoms with E-state index >= 15 is 0 Å². The van der Waals surface area contributed by atoms with Gasteiger partial charge in [-0.3, -0.25) is 0 Å². The molecule has 1 fully saturated rings. The van der Waals surface area contributed by atoms with Crippen molar-refractivity contribution in [3.05, 3.63) is 44.9 Å². The Morgan fingerprint density at radius 1 is 1.00 bits per heavy atom. The van der Waals surface area contributed by atoms with Gasteiger partial charge in [-0.25, -0.2) is 14.4 Å². The molecular weight excluding hydrogens is 334 g/mol. The van der Waals surface area contributed by atoms with Crippen LogP contribution in [0.1, 0.15) is 37.2 Å². The molecule has 0 spiro atoms. The zero-order chi connectivity index (χ0) is 15.0. The first kappa shape index (κ1) is 15.0. The van der Waals surface area contributed by atoms with Gasteiger partial charge < -0.3 is 0 Å². The summed E-state index contributed by atoms with van der Waals surface area (Å²) in [5, 5.41) is 0.762. The molecule has 0 radical (unpaired) electrons. The minimum Gasteiger partial charge on any atom is -0.216 e. The Balaban J connectivity index is 2.03. The van der Waals surface area contributed by atoms with Gasteiger partial charge >= 0.3 is 0 Å². The average molecular weight is 346 g/mol. The largest absolute Gasteiger partial charge is 0.216 e. The van der Waals surface area contributed by atoms with E-state index in [1.807, 2.05) is 0 Å². The highest BCUT2D eigenvalue weighted by molar-refractivity contribution is 6.35. The van der Waals surface area contributed by atoms with Crippen LogP contribution < -0.4 is 0 Å². The molecule has 0 bridgehead atoms. The topological polar surface area (TPSA) is 25.8 Å². The molecule has 0 atom stereocenters. The van der Waals surface area contributed by atoms with Crippen molar-refractivity contribution in [1.29, 1.82) is 0 Å². The maximum atomic E-state index is 13.2. The number of hydrogen-bond acceptors (Lipinski definition) is 2. The Kier molecular flexibility index (Phi) is 4.34. The summed E-state index contributed by atoms with van der Waals surface area (Å²) in [6.07, 6.45) is 4.47. The lowest BCUT2D eigenvalue weighted by Crippen LogP contribution is -2.01. The van der Waals surface area contributed by atoms with E-state index in [9.17, 15) is 4.39 Å². The van der Waals surface area contributed by atoms with Gasteiger partial charge in [0.2, 0.25) is 0 Å². The predicted molar refractivity (Wildman–Crippen MR) is 83.7 cm³/mol. The summed E-state index contributed by atoms with van der Waals surface area (Å²) in [5.74, 6) is 0.199. The normalized spacial score (nSPS) is 15.6. The number of benzene rings is 1. The van der Waals surface area contributed by atoms with Crippen LogP contribution in [0.3, 0.4) is 0 Å². The molecule has 0 amide bonds. The zero-order valence-electron chi connectivity index (χ0n) is 11.0. The fourth-order valence-corrected chi connectivity index (χ4v) is 3.61. The van der Waals surface area contributed by atoms with Gasteiger partial charge in [0.05, 0.1) is 5.02 Å². The summed E-state index contributed by atoms with van der Waals surface area (Å²) in [7, 11) is 0. The standard InChI is InChI=1S/C15H12Cl3FN2/c16-10-7-9(5-6-11(10)19)15-20-13(17)12(14(18)21-15)8-3-1-2-4-8/h5-8H,1-4H2.